The minimum atomic E-state index is 0.977. The maximum atomic E-state index is 3.32. The molecule has 0 heterocycles. The summed E-state index contributed by atoms with van der Waals surface area (Å²) in [6.07, 6.45) is 2.25. The van der Waals surface area contributed by atoms with E-state index < -0.39 is 0 Å². The van der Waals surface area contributed by atoms with E-state index in [1.54, 1.807) is 0 Å². The molecule has 0 unspecified atom stereocenters. The van der Waals surface area contributed by atoms with E-state index in [1.807, 2.05) is 0 Å². The summed E-state index contributed by atoms with van der Waals surface area (Å²) in [5.41, 5.74) is 4.03. The van der Waals surface area contributed by atoms with Crippen molar-refractivity contribution in [2.75, 3.05) is 13.1 Å². The molecule has 0 atom stereocenters. The Balaban J connectivity index is 2.71. The molecule has 0 spiro atoms. The van der Waals surface area contributed by atoms with Gasteiger partial charge in [0.2, 0.25) is 0 Å². The molecule has 1 aromatic rings. The Morgan fingerprint density at radius 3 is 2.71 bits per heavy atom. The zero-order valence-electron chi connectivity index (χ0n) is 9.30. The largest absolute Gasteiger partial charge is 0.313 e. The molecular weight excluding hydrogens is 170 g/mol. The van der Waals surface area contributed by atoms with E-state index in [2.05, 4.69) is 56.4 Å². The van der Waals surface area contributed by atoms with Crippen LogP contribution in [0, 0.1) is 6.92 Å². The summed E-state index contributed by atoms with van der Waals surface area (Å²) in [5.74, 6) is 0. The summed E-state index contributed by atoms with van der Waals surface area (Å²) in [6, 6.07) is 8.46. The molecule has 0 amide bonds. The predicted molar refractivity (Wildman–Crippen MR) is 63.4 cm³/mol. The predicted octanol–water partition coefficient (Wildman–Crippen LogP) is 3.01. The fraction of sp³-hybridized carbons (Fsp3) is 0.385. The van der Waals surface area contributed by atoms with Gasteiger partial charge in [0.05, 0.1) is 0 Å². The van der Waals surface area contributed by atoms with Crippen LogP contribution >= 0.6 is 0 Å². The van der Waals surface area contributed by atoms with Gasteiger partial charge >= 0.3 is 0 Å². The van der Waals surface area contributed by atoms with Gasteiger partial charge < -0.3 is 5.32 Å². The van der Waals surface area contributed by atoms with Gasteiger partial charge in [-0.25, -0.2) is 0 Å². The number of benzene rings is 1. The summed E-state index contributed by atoms with van der Waals surface area (Å²) in [5, 5.41) is 3.32. The van der Waals surface area contributed by atoms with Gasteiger partial charge in [0.1, 0.15) is 0 Å². The average Bonchev–Trinajstić information content (AvgIpc) is 2.18. The molecule has 76 valence electrons. The second-order valence-electron chi connectivity index (χ2n) is 3.63. The maximum Gasteiger partial charge on any atom is 0.0165 e. The zero-order valence-corrected chi connectivity index (χ0v) is 9.30. The van der Waals surface area contributed by atoms with Gasteiger partial charge in [-0.3, -0.25) is 0 Å². The fourth-order valence-corrected chi connectivity index (χ4v) is 1.39. The number of hydrogen-bond donors (Lipinski definition) is 1. The van der Waals surface area contributed by atoms with Crippen LogP contribution in [0.2, 0.25) is 0 Å². The van der Waals surface area contributed by atoms with E-state index in [9.17, 15) is 0 Å². The first-order valence-corrected chi connectivity index (χ1v) is 5.17. The molecule has 0 fully saturated rings. The molecule has 1 aromatic carbocycles. The minimum Gasteiger partial charge on any atom is -0.313 e. The third-order valence-electron chi connectivity index (χ3n) is 2.24. The van der Waals surface area contributed by atoms with Crippen LogP contribution < -0.4 is 5.32 Å². The Morgan fingerprint density at radius 1 is 1.36 bits per heavy atom. The second-order valence-corrected chi connectivity index (χ2v) is 3.63. The van der Waals surface area contributed by atoms with Crippen LogP contribution in [-0.4, -0.2) is 13.1 Å². The van der Waals surface area contributed by atoms with Crippen LogP contribution in [0.1, 0.15) is 25.0 Å². The number of nitrogens with one attached hydrogen (secondary N) is 1. The molecule has 1 rings (SSSR count). The first-order chi connectivity index (χ1) is 6.74. The summed E-state index contributed by atoms with van der Waals surface area (Å²) in [7, 11) is 0. The van der Waals surface area contributed by atoms with E-state index in [0.717, 1.165) is 13.1 Å². The lowest BCUT2D eigenvalue weighted by molar-refractivity contribution is 0.778. The molecule has 0 aliphatic heterocycles. The molecule has 0 aliphatic carbocycles. The van der Waals surface area contributed by atoms with E-state index >= 15 is 0 Å². The minimum absolute atomic E-state index is 0.977. The Bertz CT molecular complexity index is 313. The van der Waals surface area contributed by atoms with Crippen molar-refractivity contribution in [1.82, 2.24) is 5.32 Å². The summed E-state index contributed by atoms with van der Waals surface area (Å²) in [6.45, 7) is 8.44. The first-order valence-electron chi connectivity index (χ1n) is 5.17. The molecular formula is C13H19N. The third-order valence-corrected chi connectivity index (χ3v) is 2.24. The van der Waals surface area contributed by atoms with Crippen molar-refractivity contribution in [2.24, 2.45) is 0 Å². The van der Waals surface area contributed by atoms with Crippen LogP contribution in [0.4, 0.5) is 0 Å². The molecule has 0 saturated carbocycles. The molecule has 0 bridgehead atoms. The lowest BCUT2D eigenvalue weighted by Gasteiger charge is -2.04. The van der Waals surface area contributed by atoms with Gasteiger partial charge in [-0.05, 0) is 31.5 Å². The highest BCUT2D eigenvalue weighted by Gasteiger charge is 1.93. The molecule has 0 aliphatic rings. The summed E-state index contributed by atoms with van der Waals surface area (Å²) < 4.78 is 0. The van der Waals surface area contributed by atoms with Gasteiger partial charge in [0.15, 0.2) is 0 Å². The molecule has 0 saturated heterocycles. The van der Waals surface area contributed by atoms with Crippen LogP contribution in [0.25, 0.3) is 6.08 Å². The smallest absolute Gasteiger partial charge is 0.0165 e. The number of likely N-dealkylation sites (N-methyl/N-ethyl adjacent to an activating group) is 1. The van der Waals surface area contributed by atoms with Crippen molar-refractivity contribution in [1.29, 1.82) is 0 Å². The van der Waals surface area contributed by atoms with Crippen molar-refractivity contribution >= 4 is 6.08 Å². The van der Waals surface area contributed by atoms with Crippen LogP contribution in [-0.2, 0) is 0 Å². The SMILES string of the molecule is CCNCC(C)=Cc1ccccc1C. The Morgan fingerprint density at radius 2 is 2.07 bits per heavy atom. The standard InChI is InChI=1S/C13H19N/c1-4-14-10-11(2)9-13-8-6-5-7-12(13)3/h5-9,14H,4,10H2,1-3H3. The summed E-state index contributed by atoms with van der Waals surface area (Å²) >= 11 is 0. The molecule has 0 aromatic heterocycles. The molecule has 1 nitrogen and oxygen atoms in total. The van der Waals surface area contributed by atoms with E-state index in [-0.39, 0.29) is 0 Å². The van der Waals surface area contributed by atoms with Crippen molar-refractivity contribution in [3.8, 4) is 0 Å². The average molecular weight is 189 g/mol. The highest BCUT2D eigenvalue weighted by atomic mass is 14.8. The molecule has 1 N–H and O–H groups in total. The molecule has 1 heteroatoms. The first kappa shape index (κ1) is 11.0. The van der Waals surface area contributed by atoms with Gasteiger partial charge in [-0.1, -0.05) is 42.8 Å². The van der Waals surface area contributed by atoms with Crippen LogP contribution in [0.15, 0.2) is 29.8 Å². The van der Waals surface area contributed by atoms with Gasteiger partial charge in [0, 0.05) is 6.54 Å². The maximum absolute atomic E-state index is 3.32. The van der Waals surface area contributed by atoms with Crippen molar-refractivity contribution in [2.45, 2.75) is 20.8 Å². The van der Waals surface area contributed by atoms with Crippen molar-refractivity contribution < 1.29 is 0 Å². The van der Waals surface area contributed by atoms with Gasteiger partial charge in [-0.15, -0.1) is 0 Å². The number of hydrogen-bond acceptors (Lipinski definition) is 1. The van der Waals surface area contributed by atoms with E-state index in [1.165, 1.54) is 16.7 Å². The van der Waals surface area contributed by atoms with Crippen LogP contribution in [0.3, 0.4) is 0 Å². The number of rotatable bonds is 4. The lowest BCUT2D eigenvalue weighted by Crippen LogP contribution is -2.14. The lowest BCUT2D eigenvalue weighted by atomic mass is 10.1. The van der Waals surface area contributed by atoms with Gasteiger partial charge in [-0.2, -0.15) is 0 Å². The summed E-state index contributed by atoms with van der Waals surface area (Å²) in [4.78, 5) is 0. The van der Waals surface area contributed by atoms with E-state index in [0.29, 0.717) is 0 Å². The quantitative estimate of drug-likeness (QED) is 0.767. The monoisotopic (exact) mass is 189 g/mol. The Hall–Kier alpha value is -1.08. The fourth-order valence-electron chi connectivity index (χ4n) is 1.39. The van der Waals surface area contributed by atoms with Crippen LogP contribution in [0.5, 0.6) is 0 Å². The van der Waals surface area contributed by atoms with Gasteiger partial charge in [0.25, 0.3) is 0 Å². The number of aryl methyl sites for hydroxylation is 1. The second kappa shape index (κ2) is 5.61. The Kier molecular flexibility index (Phi) is 4.41. The third kappa shape index (κ3) is 3.35. The van der Waals surface area contributed by atoms with Crippen molar-refractivity contribution in [3.63, 3.8) is 0 Å². The normalized spacial score (nSPS) is 11.8. The topological polar surface area (TPSA) is 12.0 Å². The molecule has 0 radical (unpaired) electrons. The van der Waals surface area contributed by atoms with E-state index in [4.69, 9.17) is 0 Å². The zero-order chi connectivity index (χ0) is 10.4. The molecule has 14 heavy (non-hydrogen) atoms. The van der Waals surface area contributed by atoms with Crippen molar-refractivity contribution in [3.05, 3.63) is 41.0 Å². The highest BCUT2D eigenvalue weighted by Crippen LogP contribution is 2.11. The highest BCUT2D eigenvalue weighted by molar-refractivity contribution is 5.56. The Labute approximate surface area is 86.8 Å².